The highest BCUT2D eigenvalue weighted by Gasteiger charge is 2.41. The van der Waals surface area contributed by atoms with Crippen molar-refractivity contribution >= 4 is 12.1 Å². The van der Waals surface area contributed by atoms with Crippen molar-refractivity contribution < 1.29 is 19.4 Å². The number of carboxylic acids is 1. The standard InChI is InChI=1S/C13H23NO4/c1-12(2,3)18-11(17)14-8-9(10(15)16)6-7-13(14,4)5/h9H,6-8H2,1-5H3,(H,15,16). The van der Waals surface area contributed by atoms with Gasteiger partial charge in [0, 0.05) is 12.1 Å². The molecule has 5 heteroatoms. The number of aliphatic carboxylic acids is 1. The first-order valence-electron chi connectivity index (χ1n) is 6.26. The molecule has 0 aromatic carbocycles. The number of carboxylic acid groups (broad SMARTS) is 1. The highest BCUT2D eigenvalue weighted by molar-refractivity contribution is 5.74. The van der Waals surface area contributed by atoms with Gasteiger partial charge in [-0.3, -0.25) is 4.79 Å². The summed E-state index contributed by atoms with van der Waals surface area (Å²) >= 11 is 0. The van der Waals surface area contributed by atoms with Crippen LogP contribution in [0.25, 0.3) is 0 Å². The molecule has 0 aliphatic carbocycles. The zero-order chi connectivity index (χ0) is 14.1. The van der Waals surface area contributed by atoms with Gasteiger partial charge in [0.25, 0.3) is 0 Å². The maximum absolute atomic E-state index is 12.1. The predicted octanol–water partition coefficient (Wildman–Crippen LogP) is 2.50. The lowest BCUT2D eigenvalue weighted by Crippen LogP contribution is -2.55. The van der Waals surface area contributed by atoms with Gasteiger partial charge in [-0.05, 0) is 47.5 Å². The number of carbonyl (C=O) groups excluding carboxylic acids is 1. The van der Waals surface area contributed by atoms with Crippen molar-refractivity contribution in [1.82, 2.24) is 4.90 Å². The number of nitrogens with zero attached hydrogens (tertiary/aromatic N) is 1. The van der Waals surface area contributed by atoms with Crippen molar-refractivity contribution in [1.29, 1.82) is 0 Å². The second-order valence-corrected chi connectivity index (χ2v) is 6.48. The molecule has 0 saturated carbocycles. The summed E-state index contributed by atoms with van der Waals surface area (Å²) in [5.41, 5.74) is -0.919. The Labute approximate surface area is 108 Å². The van der Waals surface area contributed by atoms with Crippen molar-refractivity contribution in [2.45, 2.75) is 58.6 Å². The van der Waals surface area contributed by atoms with Crippen molar-refractivity contribution in [3.05, 3.63) is 0 Å². The lowest BCUT2D eigenvalue weighted by Gasteiger charge is -2.44. The van der Waals surface area contributed by atoms with Crippen LogP contribution in [0.5, 0.6) is 0 Å². The van der Waals surface area contributed by atoms with E-state index in [0.29, 0.717) is 12.8 Å². The van der Waals surface area contributed by atoms with Gasteiger partial charge in [0.2, 0.25) is 0 Å². The van der Waals surface area contributed by atoms with E-state index in [0.717, 1.165) is 0 Å². The Hall–Kier alpha value is -1.26. The van der Waals surface area contributed by atoms with Gasteiger partial charge in [-0.15, -0.1) is 0 Å². The van der Waals surface area contributed by atoms with Crippen LogP contribution in [0.2, 0.25) is 0 Å². The molecule has 5 nitrogen and oxygen atoms in total. The number of piperidine rings is 1. The first-order chi connectivity index (χ1) is 8.03. The van der Waals surface area contributed by atoms with Crippen LogP contribution < -0.4 is 0 Å². The maximum Gasteiger partial charge on any atom is 0.410 e. The fraction of sp³-hybridized carbons (Fsp3) is 0.846. The molecule has 1 heterocycles. The van der Waals surface area contributed by atoms with Crippen molar-refractivity contribution in [3.8, 4) is 0 Å². The lowest BCUT2D eigenvalue weighted by molar-refractivity contribution is -0.144. The van der Waals surface area contributed by atoms with E-state index in [-0.39, 0.29) is 12.1 Å². The van der Waals surface area contributed by atoms with Gasteiger partial charge < -0.3 is 14.7 Å². The van der Waals surface area contributed by atoms with E-state index >= 15 is 0 Å². The second-order valence-electron chi connectivity index (χ2n) is 6.48. The first-order valence-corrected chi connectivity index (χ1v) is 6.26. The summed E-state index contributed by atoms with van der Waals surface area (Å²) in [6, 6.07) is 0. The van der Waals surface area contributed by atoms with E-state index < -0.39 is 23.6 Å². The first kappa shape index (κ1) is 14.8. The quantitative estimate of drug-likeness (QED) is 0.783. The van der Waals surface area contributed by atoms with Crippen molar-refractivity contribution in [2.75, 3.05) is 6.54 Å². The average molecular weight is 257 g/mol. The summed E-state index contributed by atoms with van der Waals surface area (Å²) in [5, 5.41) is 9.06. The predicted molar refractivity (Wildman–Crippen MR) is 67.4 cm³/mol. The van der Waals surface area contributed by atoms with E-state index in [2.05, 4.69) is 0 Å². The topological polar surface area (TPSA) is 66.8 Å². The molecule has 1 unspecified atom stereocenters. The molecule has 104 valence electrons. The molecule has 1 amide bonds. The molecule has 1 aliphatic heterocycles. The van der Waals surface area contributed by atoms with Crippen LogP contribution in [-0.2, 0) is 9.53 Å². The van der Waals surface area contributed by atoms with E-state index in [1.54, 1.807) is 25.7 Å². The third-order valence-corrected chi connectivity index (χ3v) is 3.20. The van der Waals surface area contributed by atoms with Gasteiger partial charge in [-0.2, -0.15) is 0 Å². The fourth-order valence-electron chi connectivity index (χ4n) is 2.06. The molecule has 1 atom stereocenters. The van der Waals surface area contributed by atoms with E-state index in [1.165, 1.54) is 0 Å². The third-order valence-electron chi connectivity index (χ3n) is 3.20. The molecule has 1 fully saturated rings. The van der Waals surface area contributed by atoms with Crippen LogP contribution in [0.1, 0.15) is 47.5 Å². The van der Waals surface area contributed by atoms with E-state index in [1.807, 2.05) is 13.8 Å². The number of hydrogen-bond donors (Lipinski definition) is 1. The molecule has 0 aromatic heterocycles. The van der Waals surface area contributed by atoms with Gasteiger partial charge in [-0.25, -0.2) is 4.79 Å². The van der Waals surface area contributed by atoms with Crippen molar-refractivity contribution in [3.63, 3.8) is 0 Å². The molecule has 0 bridgehead atoms. The zero-order valence-corrected chi connectivity index (χ0v) is 11.8. The molecule has 1 N–H and O–H groups in total. The molecule has 18 heavy (non-hydrogen) atoms. The molecular formula is C13H23NO4. The van der Waals surface area contributed by atoms with E-state index in [4.69, 9.17) is 9.84 Å². The third kappa shape index (κ3) is 3.62. The van der Waals surface area contributed by atoms with Gasteiger partial charge in [0.1, 0.15) is 5.60 Å². The number of likely N-dealkylation sites (tertiary alicyclic amines) is 1. The highest BCUT2D eigenvalue weighted by atomic mass is 16.6. The van der Waals surface area contributed by atoms with Crippen LogP contribution in [0, 0.1) is 5.92 Å². The Morgan fingerprint density at radius 2 is 1.89 bits per heavy atom. The van der Waals surface area contributed by atoms with E-state index in [9.17, 15) is 9.59 Å². The Morgan fingerprint density at radius 3 is 2.33 bits per heavy atom. The Bertz CT molecular complexity index is 343. The number of hydrogen-bond acceptors (Lipinski definition) is 3. The highest BCUT2D eigenvalue weighted by Crippen LogP contribution is 2.31. The fourth-order valence-corrected chi connectivity index (χ4v) is 2.06. The smallest absolute Gasteiger partial charge is 0.410 e. The van der Waals surface area contributed by atoms with Crippen LogP contribution in [-0.4, -0.2) is 39.8 Å². The normalized spacial score (nSPS) is 23.6. The number of rotatable bonds is 1. The summed E-state index contributed by atoms with van der Waals surface area (Å²) in [7, 11) is 0. The monoisotopic (exact) mass is 257 g/mol. The number of amides is 1. The van der Waals surface area contributed by atoms with Crippen LogP contribution >= 0.6 is 0 Å². The SMILES string of the molecule is CC(C)(C)OC(=O)N1CC(C(=O)O)CCC1(C)C. The number of ether oxygens (including phenoxy) is 1. The van der Waals surface area contributed by atoms with Crippen LogP contribution in [0.4, 0.5) is 4.79 Å². The van der Waals surface area contributed by atoms with Crippen molar-refractivity contribution in [2.24, 2.45) is 5.92 Å². The van der Waals surface area contributed by atoms with Gasteiger partial charge in [0.15, 0.2) is 0 Å². The minimum absolute atomic E-state index is 0.219. The molecule has 0 aromatic rings. The second kappa shape index (κ2) is 4.78. The van der Waals surface area contributed by atoms with Gasteiger partial charge >= 0.3 is 12.1 Å². The zero-order valence-electron chi connectivity index (χ0n) is 11.8. The molecule has 0 radical (unpaired) electrons. The summed E-state index contributed by atoms with van der Waals surface area (Å²) in [4.78, 5) is 24.7. The Morgan fingerprint density at radius 1 is 1.33 bits per heavy atom. The maximum atomic E-state index is 12.1. The summed E-state index contributed by atoms with van der Waals surface area (Å²) in [6.45, 7) is 9.50. The minimum atomic E-state index is -0.848. The largest absolute Gasteiger partial charge is 0.481 e. The molecular weight excluding hydrogens is 234 g/mol. The minimum Gasteiger partial charge on any atom is -0.481 e. The molecule has 0 spiro atoms. The Balaban J connectivity index is 2.81. The Kier molecular flexibility index (Phi) is 3.93. The summed E-state index contributed by atoms with van der Waals surface area (Å²) in [6.07, 6.45) is 0.837. The summed E-state index contributed by atoms with van der Waals surface area (Å²) in [5.74, 6) is -1.34. The molecule has 1 aliphatic rings. The summed E-state index contributed by atoms with van der Waals surface area (Å²) < 4.78 is 5.33. The van der Waals surface area contributed by atoms with Gasteiger partial charge in [-0.1, -0.05) is 0 Å². The number of carbonyl (C=O) groups is 2. The lowest BCUT2D eigenvalue weighted by atomic mass is 9.85. The van der Waals surface area contributed by atoms with Crippen LogP contribution in [0.3, 0.4) is 0 Å². The van der Waals surface area contributed by atoms with Crippen LogP contribution in [0.15, 0.2) is 0 Å². The van der Waals surface area contributed by atoms with Gasteiger partial charge in [0.05, 0.1) is 5.92 Å². The molecule has 1 saturated heterocycles. The molecule has 1 rings (SSSR count). The average Bonchev–Trinajstić information content (AvgIpc) is 2.13.